The van der Waals surface area contributed by atoms with Crippen molar-refractivity contribution in [3.63, 3.8) is 0 Å². The van der Waals surface area contributed by atoms with Crippen molar-refractivity contribution >= 4 is 11.8 Å². The molecule has 1 unspecified atom stereocenters. The predicted octanol–water partition coefficient (Wildman–Crippen LogP) is 3.71. The Morgan fingerprint density at radius 1 is 0.964 bits per heavy atom. The third kappa shape index (κ3) is 6.30. The lowest BCUT2D eigenvalue weighted by atomic mass is 10.1. The van der Waals surface area contributed by atoms with Gasteiger partial charge in [0.15, 0.2) is 6.10 Å². The number of nitrogens with one attached hydrogen (secondary N) is 2. The number of carbonyl (C=O) groups is 2. The van der Waals surface area contributed by atoms with Crippen LogP contribution in [0, 0.1) is 13.8 Å². The molecule has 0 saturated heterocycles. The summed E-state index contributed by atoms with van der Waals surface area (Å²) >= 11 is 0. The summed E-state index contributed by atoms with van der Waals surface area (Å²) in [6.07, 6.45) is 1.29. The second kappa shape index (κ2) is 10.3. The number of aryl methyl sites for hydroxylation is 2. The van der Waals surface area contributed by atoms with Gasteiger partial charge in [-0.3, -0.25) is 20.4 Å². The average Bonchev–Trinajstić information content (AvgIpc) is 2.69. The Morgan fingerprint density at radius 3 is 2.29 bits per heavy atom. The molecule has 6 heteroatoms. The zero-order valence-corrected chi connectivity index (χ0v) is 16.9. The number of hydrogen-bond acceptors (Lipinski definition) is 4. The lowest BCUT2D eigenvalue weighted by molar-refractivity contribution is -0.128. The zero-order chi connectivity index (χ0) is 20.5. The standard InChI is InChI=1S/C22H28N2O4/c1-5-6-13-27-19-11-8-18(9-12-19)22(26)24-23-21(25)17(4)28-20-10-7-15(2)16(3)14-20/h7-12,14,17H,5-6,13H2,1-4H3,(H,23,25)(H,24,26). The molecule has 2 N–H and O–H groups in total. The van der Waals surface area contributed by atoms with Crippen LogP contribution in [0.4, 0.5) is 0 Å². The van der Waals surface area contributed by atoms with Crippen molar-refractivity contribution in [2.24, 2.45) is 0 Å². The first-order valence-electron chi connectivity index (χ1n) is 9.47. The van der Waals surface area contributed by atoms with Gasteiger partial charge in [0.25, 0.3) is 11.8 Å². The fourth-order valence-corrected chi connectivity index (χ4v) is 2.37. The fraction of sp³-hybridized carbons (Fsp3) is 0.364. The molecule has 2 rings (SSSR count). The van der Waals surface area contributed by atoms with Crippen molar-refractivity contribution in [1.29, 1.82) is 0 Å². The molecule has 0 saturated carbocycles. The van der Waals surface area contributed by atoms with Gasteiger partial charge in [-0.25, -0.2) is 0 Å². The van der Waals surface area contributed by atoms with Crippen LogP contribution in [-0.4, -0.2) is 24.5 Å². The van der Waals surface area contributed by atoms with Crippen molar-refractivity contribution in [2.75, 3.05) is 6.61 Å². The molecule has 150 valence electrons. The van der Waals surface area contributed by atoms with E-state index in [1.54, 1.807) is 31.2 Å². The van der Waals surface area contributed by atoms with Crippen LogP contribution in [0.5, 0.6) is 11.5 Å². The topological polar surface area (TPSA) is 76.7 Å². The van der Waals surface area contributed by atoms with Gasteiger partial charge >= 0.3 is 0 Å². The Hall–Kier alpha value is -3.02. The molecule has 0 aliphatic rings. The highest BCUT2D eigenvalue weighted by atomic mass is 16.5. The molecule has 2 aromatic carbocycles. The highest BCUT2D eigenvalue weighted by molar-refractivity contribution is 5.95. The van der Waals surface area contributed by atoms with Gasteiger partial charge in [-0.15, -0.1) is 0 Å². The van der Waals surface area contributed by atoms with Crippen LogP contribution in [0.1, 0.15) is 48.2 Å². The maximum Gasteiger partial charge on any atom is 0.279 e. The molecule has 28 heavy (non-hydrogen) atoms. The van der Waals surface area contributed by atoms with E-state index in [0.29, 0.717) is 23.7 Å². The van der Waals surface area contributed by atoms with Crippen molar-refractivity contribution in [3.8, 4) is 11.5 Å². The van der Waals surface area contributed by atoms with Gasteiger partial charge in [0.2, 0.25) is 0 Å². The number of hydrogen-bond donors (Lipinski definition) is 2. The summed E-state index contributed by atoms with van der Waals surface area (Å²) in [5.41, 5.74) is 7.44. The van der Waals surface area contributed by atoms with E-state index in [-0.39, 0.29) is 0 Å². The number of rotatable bonds is 8. The number of amides is 2. The van der Waals surface area contributed by atoms with Crippen molar-refractivity contribution in [3.05, 3.63) is 59.2 Å². The van der Waals surface area contributed by atoms with E-state index in [1.807, 2.05) is 32.0 Å². The lowest BCUT2D eigenvalue weighted by Gasteiger charge is -2.16. The minimum Gasteiger partial charge on any atom is -0.494 e. The molecular weight excluding hydrogens is 356 g/mol. The largest absolute Gasteiger partial charge is 0.494 e. The molecule has 2 amide bonds. The van der Waals surface area contributed by atoms with Gasteiger partial charge in [-0.2, -0.15) is 0 Å². The van der Waals surface area contributed by atoms with Gasteiger partial charge in [0, 0.05) is 5.56 Å². The fourth-order valence-electron chi connectivity index (χ4n) is 2.37. The second-order valence-corrected chi connectivity index (χ2v) is 6.68. The summed E-state index contributed by atoms with van der Waals surface area (Å²) in [7, 11) is 0. The molecule has 0 bridgehead atoms. The first-order valence-corrected chi connectivity index (χ1v) is 9.47. The first-order chi connectivity index (χ1) is 13.4. The normalized spacial score (nSPS) is 11.4. The van der Waals surface area contributed by atoms with E-state index in [9.17, 15) is 9.59 Å². The minimum absolute atomic E-state index is 0.410. The highest BCUT2D eigenvalue weighted by Crippen LogP contribution is 2.17. The summed E-state index contributed by atoms with van der Waals surface area (Å²) in [4.78, 5) is 24.3. The summed E-state index contributed by atoms with van der Waals surface area (Å²) in [5.74, 6) is 0.470. The van der Waals surface area contributed by atoms with E-state index in [1.165, 1.54) is 0 Å². The van der Waals surface area contributed by atoms with Crippen molar-refractivity contribution < 1.29 is 19.1 Å². The molecule has 6 nitrogen and oxygen atoms in total. The molecule has 0 radical (unpaired) electrons. The monoisotopic (exact) mass is 384 g/mol. The van der Waals surface area contributed by atoms with Crippen LogP contribution >= 0.6 is 0 Å². The van der Waals surface area contributed by atoms with Gasteiger partial charge in [0.05, 0.1) is 6.61 Å². The van der Waals surface area contributed by atoms with Gasteiger partial charge in [-0.1, -0.05) is 19.4 Å². The Bertz CT molecular complexity index is 803. The molecule has 2 aromatic rings. The Morgan fingerprint density at radius 2 is 1.64 bits per heavy atom. The number of hydrazine groups is 1. The molecule has 0 aliphatic heterocycles. The Kier molecular flexibility index (Phi) is 7.87. The zero-order valence-electron chi connectivity index (χ0n) is 16.9. The number of benzene rings is 2. The Labute approximate surface area is 166 Å². The molecule has 0 aromatic heterocycles. The van der Waals surface area contributed by atoms with E-state index in [2.05, 4.69) is 17.8 Å². The van der Waals surface area contributed by atoms with Gasteiger partial charge in [-0.05, 0) is 74.7 Å². The molecule has 0 aliphatic carbocycles. The van der Waals surface area contributed by atoms with Crippen molar-refractivity contribution in [1.82, 2.24) is 10.9 Å². The van der Waals surface area contributed by atoms with Crippen LogP contribution in [-0.2, 0) is 4.79 Å². The number of carbonyl (C=O) groups excluding carboxylic acids is 2. The molecule has 0 spiro atoms. The van der Waals surface area contributed by atoms with Crippen LogP contribution in [0.2, 0.25) is 0 Å². The molecular formula is C22H28N2O4. The average molecular weight is 384 g/mol. The van der Waals surface area contributed by atoms with E-state index < -0.39 is 17.9 Å². The minimum atomic E-state index is -0.753. The number of unbranched alkanes of at least 4 members (excludes halogenated alkanes) is 1. The highest BCUT2D eigenvalue weighted by Gasteiger charge is 2.16. The molecule has 0 heterocycles. The van der Waals surface area contributed by atoms with E-state index in [0.717, 1.165) is 24.0 Å². The quantitative estimate of drug-likeness (QED) is 0.537. The third-order valence-corrected chi connectivity index (χ3v) is 4.34. The SMILES string of the molecule is CCCCOc1ccc(C(=O)NNC(=O)C(C)Oc2ccc(C)c(C)c2)cc1. The summed E-state index contributed by atoms with van der Waals surface area (Å²) in [6, 6.07) is 12.4. The van der Waals surface area contributed by atoms with E-state index >= 15 is 0 Å². The maximum atomic E-state index is 12.2. The molecule has 0 fully saturated rings. The van der Waals surface area contributed by atoms with Crippen LogP contribution < -0.4 is 20.3 Å². The van der Waals surface area contributed by atoms with Crippen LogP contribution in [0.25, 0.3) is 0 Å². The predicted molar refractivity (Wildman–Crippen MR) is 108 cm³/mol. The van der Waals surface area contributed by atoms with Crippen molar-refractivity contribution in [2.45, 2.75) is 46.6 Å². The van der Waals surface area contributed by atoms with Gasteiger partial charge in [0.1, 0.15) is 11.5 Å². The number of ether oxygens (including phenoxy) is 2. The third-order valence-electron chi connectivity index (χ3n) is 4.34. The summed E-state index contributed by atoms with van der Waals surface area (Å²) in [6.45, 7) is 8.36. The lowest BCUT2D eigenvalue weighted by Crippen LogP contribution is -2.47. The second-order valence-electron chi connectivity index (χ2n) is 6.68. The van der Waals surface area contributed by atoms with Crippen LogP contribution in [0.3, 0.4) is 0 Å². The van der Waals surface area contributed by atoms with E-state index in [4.69, 9.17) is 9.47 Å². The smallest absolute Gasteiger partial charge is 0.279 e. The van der Waals surface area contributed by atoms with Crippen LogP contribution in [0.15, 0.2) is 42.5 Å². The first kappa shape index (κ1) is 21.3. The van der Waals surface area contributed by atoms with Gasteiger partial charge < -0.3 is 9.47 Å². The summed E-state index contributed by atoms with van der Waals surface area (Å²) < 4.78 is 11.2. The Balaban J connectivity index is 1.82. The summed E-state index contributed by atoms with van der Waals surface area (Å²) in [5, 5.41) is 0. The molecule has 1 atom stereocenters. The maximum absolute atomic E-state index is 12.2.